The van der Waals surface area contributed by atoms with Crippen LogP contribution in [0.5, 0.6) is 0 Å². The lowest BCUT2D eigenvalue weighted by Gasteiger charge is -2.33. The van der Waals surface area contributed by atoms with Crippen LogP contribution in [0.15, 0.2) is 21.2 Å². The Balaban J connectivity index is 1.38. The molecule has 2 fully saturated rings. The van der Waals surface area contributed by atoms with Gasteiger partial charge in [-0.25, -0.2) is 0 Å². The van der Waals surface area contributed by atoms with Crippen molar-refractivity contribution in [1.82, 2.24) is 15.1 Å². The minimum Gasteiger partial charge on any atom is -0.421 e. The van der Waals surface area contributed by atoms with Gasteiger partial charge in [-0.15, -0.1) is 10.2 Å². The van der Waals surface area contributed by atoms with Crippen LogP contribution in [0, 0.1) is 5.92 Å². The molecule has 1 aliphatic heterocycles. The maximum atomic E-state index is 12.8. The van der Waals surface area contributed by atoms with Gasteiger partial charge >= 0.3 is 0 Å². The van der Waals surface area contributed by atoms with Gasteiger partial charge in [0.25, 0.3) is 0 Å². The molecule has 1 amide bonds. The van der Waals surface area contributed by atoms with Crippen molar-refractivity contribution in [3.05, 3.63) is 22.7 Å². The molecule has 3 atom stereocenters. The van der Waals surface area contributed by atoms with Gasteiger partial charge in [-0.3, -0.25) is 4.79 Å². The van der Waals surface area contributed by atoms with Crippen LogP contribution in [0.4, 0.5) is 0 Å². The molecule has 4 rings (SSSR count). The monoisotopic (exact) mass is 345 g/mol. The predicted molar refractivity (Wildman–Crippen MR) is 92.6 cm³/mol. The van der Waals surface area contributed by atoms with Crippen LogP contribution in [0.3, 0.4) is 0 Å². The lowest BCUT2D eigenvalue weighted by Crippen LogP contribution is -2.42. The molecule has 5 nitrogen and oxygen atoms in total. The van der Waals surface area contributed by atoms with Gasteiger partial charge in [0, 0.05) is 35.9 Å². The average Bonchev–Trinajstić information content (AvgIpc) is 3.31. The number of thiophene rings is 1. The van der Waals surface area contributed by atoms with E-state index in [2.05, 4.69) is 22.0 Å². The minimum atomic E-state index is 0.243. The first-order valence-corrected chi connectivity index (χ1v) is 9.83. The van der Waals surface area contributed by atoms with Gasteiger partial charge in [-0.05, 0) is 43.6 Å². The smallest absolute Gasteiger partial charge is 0.248 e. The summed E-state index contributed by atoms with van der Waals surface area (Å²) in [6.07, 6.45) is 7.18. The molecule has 2 aromatic heterocycles. The Morgan fingerprint density at radius 1 is 1.38 bits per heavy atom. The maximum Gasteiger partial charge on any atom is 0.248 e. The Kier molecular flexibility index (Phi) is 4.39. The summed E-state index contributed by atoms with van der Waals surface area (Å²) in [5.41, 5.74) is 0.947. The van der Waals surface area contributed by atoms with E-state index in [4.69, 9.17) is 4.42 Å². The Hall–Kier alpha value is -1.69. The topological polar surface area (TPSA) is 59.2 Å². The SMILES string of the molecule is C[C@@H]1C[C@H]2CCCC[C@H]2N1C(=O)CCc1nnc(-c2ccsc2)o1. The number of aromatic nitrogens is 2. The summed E-state index contributed by atoms with van der Waals surface area (Å²) in [7, 11) is 0. The summed E-state index contributed by atoms with van der Waals surface area (Å²) in [6, 6.07) is 2.79. The Labute approximate surface area is 146 Å². The van der Waals surface area contributed by atoms with Crippen molar-refractivity contribution >= 4 is 17.2 Å². The van der Waals surface area contributed by atoms with Crippen LogP contribution >= 0.6 is 11.3 Å². The van der Waals surface area contributed by atoms with E-state index in [-0.39, 0.29) is 5.91 Å². The number of hydrogen-bond donors (Lipinski definition) is 0. The molecule has 24 heavy (non-hydrogen) atoms. The van der Waals surface area contributed by atoms with Gasteiger partial charge in [0.1, 0.15) is 0 Å². The van der Waals surface area contributed by atoms with Crippen LogP contribution < -0.4 is 0 Å². The number of nitrogens with zero attached hydrogens (tertiary/aromatic N) is 3. The molecule has 0 spiro atoms. The molecule has 2 aliphatic rings. The quantitative estimate of drug-likeness (QED) is 0.843. The first-order valence-electron chi connectivity index (χ1n) is 8.88. The van der Waals surface area contributed by atoms with Gasteiger partial charge in [0.05, 0.1) is 0 Å². The Morgan fingerprint density at radius 3 is 3.08 bits per heavy atom. The third-order valence-electron chi connectivity index (χ3n) is 5.42. The molecule has 0 bridgehead atoms. The van der Waals surface area contributed by atoms with Crippen LogP contribution in [-0.2, 0) is 11.2 Å². The molecule has 0 radical (unpaired) electrons. The van der Waals surface area contributed by atoms with E-state index in [9.17, 15) is 4.79 Å². The van der Waals surface area contributed by atoms with E-state index < -0.39 is 0 Å². The summed E-state index contributed by atoms with van der Waals surface area (Å²) < 4.78 is 5.69. The lowest BCUT2D eigenvalue weighted by molar-refractivity contribution is -0.134. The predicted octanol–water partition coefficient (Wildman–Crippen LogP) is 3.91. The molecule has 0 N–H and O–H groups in total. The van der Waals surface area contributed by atoms with Crippen molar-refractivity contribution in [2.24, 2.45) is 5.92 Å². The molecule has 2 aromatic rings. The second kappa shape index (κ2) is 6.67. The molecule has 128 valence electrons. The summed E-state index contributed by atoms with van der Waals surface area (Å²) in [5.74, 6) is 2.05. The number of carbonyl (C=O) groups is 1. The highest BCUT2D eigenvalue weighted by molar-refractivity contribution is 7.08. The first-order chi connectivity index (χ1) is 11.7. The van der Waals surface area contributed by atoms with Gasteiger partial charge in [-0.2, -0.15) is 11.3 Å². The number of carbonyl (C=O) groups excluding carboxylic acids is 1. The van der Waals surface area contributed by atoms with E-state index in [0.29, 0.717) is 42.6 Å². The van der Waals surface area contributed by atoms with Crippen LogP contribution in [-0.4, -0.2) is 33.1 Å². The van der Waals surface area contributed by atoms with Gasteiger partial charge < -0.3 is 9.32 Å². The molecule has 0 aromatic carbocycles. The van der Waals surface area contributed by atoms with Crippen molar-refractivity contribution in [2.75, 3.05) is 0 Å². The zero-order valence-electron chi connectivity index (χ0n) is 14.0. The fourth-order valence-corrected chi connectivity index (χ4v) is 4.97. The Bertz CT molecular complexity index is 697. The summed E-state index contributed by atoms with van der Waals surface area (Å²) in [5, 5.41) is 12.1. The van der Waals surface area contributed by atoms with Gasteiger partial charge in [0.2, 0.25) is 17.7 Å². The highest BCUT2D eigenvalue weighted by atomic mass is 32.1. The van der Waals surface area contributed by atoms with Crippen molar-refractivity contribution in [3.63, 3.8) is 0 Å². The van der Waals surface area contributed by atoms with Crippen LogP contribution in [0.1, 0.15) is 51.3 Å². The fraction of sp³-hybridized carbons (Fsp3) is 0.611. The third kappa shape index (κ3) is 2.99. The fourth-order valence-electron chi connectivity index (χ4n) is 4.34. The summed E-state index contributed by atoms with van der Waals surface area (Å²) in [6.45, 7) is 2.19. The third-order valence-corrected chi connectivity index (χ3v) is 6.10. The maximum absolute atomic E-state index is 12.8. The normalized spacial score (nSPS) is 26.5. The molecule has 1 saturated heterocycles. The van der Waals surface area contributed by atoms with Crippen molar-refractivity contribution in [2.45, 2.75) is 64.0 Å². The zero-order chi connectivity index (χ0) is 16.5. The number of rotatable bonds is 4. The highest BCUT2D eigenvalue weighted by Gasteiger charge is 2.42. The standard InChI is InChI=1S/C18H23N3O2S/c1-12-10-13-4-2-3-5-15(13)21(12)17(22)7-6-16-19-20-18(23-16)14-8-9-24-11-14/h8-9,11-13,15H,2-7,10H2,1H3/t12-,13-,15-/m1/s1. The van der Waals surface area contributed by atoms with E-state index in [0.717, 1.165) is 5.56 Å². The van der Waals surface area contributed by atoms with Gasteiger partial charge in [0.15, 0.2) is 0 Å². The molecule has 6 heteroatoms. The molecular formula is C18H23N3O2S. The van der Waals surface area contributed by atoms with Crippen LogP contribution in [0.25, 0.3) is 11.5 Å². The van der Waals surface area contributed by atoms with E-state index >= 15 is 0 Å². The van der Waals surface area contributed by atoms with Crippen molar-refractivity contribution in [3.8, 4) is 11.5 Å². The molecule has 1 saturated carbocycles. The molecule has 3 heterocycles. The Morgan fingerprint density at radius 2 is 2.25 bits per heavy atom. The average molecular weight is 345 g/mol. The van der Waals surface area contributed by atoms with Crippen molar-refractivity contribution < 1.29 is 9.21 Å². The number of amides is 1. The molecular weight excluding hydrogens is 322 g/mol. The minimum absolute atomic E-state index is 0.243. The van der Waals surface area contributed by atoms with E-state index in [1.54, 1.807) is 11.3 Å². The van der Waals surface area contributed by atoms with Crippen molar-refractivity contribution in [1.29, 1.82) is 0 Å². The van der Waals surface area contributed by atoms with Crippen LogP contribution in [0.2, 0.25) is 0 Å². The number of fused-ring (bicyclic) bond motifs is 1. The first kappa shape index (κ1) is 15.8. The molecule has 1 aliphatic carbocycles. The summed E-state index contributed by atoms with van der Waals surface area (Å²) in [4.78, 5) is 14.9. The van der Waals surface area contributed by atoms with E-state index in [1.807, 2.05) is 16.8 Å². The number of likely N-dealkylation sites (tertiary alicyclic amines) is 1. The second-order valence-electron chi connectivity index (χ2n) is 7.01. The lowest BCUT2D eigenvalue weighted by atomic mass is 9.85. The zero-order valence-corrected chi connectivity index (χ0v) is 14.8. The summed E-state index contributed by atoms with van der Waals surface area (Å²) >= 11 is 1.60. The van der Waals surface area contributed by atoms with Gasteiger partial charge in [-0.1, -0.05) is 12.8 Å². The number of aryl methyl sites for hydroxylation is 1. The second-order valence-corrected chi connectivity index (χ2v) is 7.79. The molecule has 0 unspecified atom stereocenters. The highest BCUT2D eigenvalue weighted by Crippen LogP contribution is 2.39. The largest absolute Gasteiger partial charge is 0.421 e. The number of hydrogen-bond acceptors (Lipinski definition) is 5. The van der Waals surface area contributed by atoms with E-state index in [1.165, 1.54) is 32.1 Å².